The summed E-state index contributed by atoms with van der Waals surface area (Å²) in [6, 6.07) is 0. The van der Waals surface area contributed by atoms with Gasteiger partial charge in [0.2, 0.25) is 11.8 Å². The Labute approximate surface area is 120 Å². The fraction of sp³-hybridized carbons (Fsp3) is 0.875. The van der Waals surface area contributed by atoms with Crippen LogP contribution in [-0.4, -0.2) is 16.7 Å². The van der Waals surface area contributed by atoms with Crippen LogP contribution in [0.4, 0.5) is 0 Å². The highest BCUT2D eigenvalue weighted by molar-refractivity contribution is 5.20. The van der Waals surface area contributed by atoms with Gasteiger partial charge < -0.3 is 10.2 Å². The van der Waals surface area contributed by atoms with Crippen LogP contribution < -0.4 is 5.73 Å². The lowest BCUT2D eigenvalue weighted by molar-refractivity contribution is -0.117. The zero-order valence-corrected chi connectivity index (χ0v) is 12.6. The summed E-state index contributed by atoms with van der Waals surface area (Å²) >= 11 is 0. The first-order chi connectivity index (χ1) is 9.44. The van der Waals surface area contributed by atoms with Crippen LogP contribution in [0.15, 0.2) is 4.42 Å². The van der Waals surface area contributed by atoms with E-state index in [2.05, 4.69) is 24.0 Å². The van der Waals surface area contributed by atoms with Gasteiger partial charge >= 0.3 is 0 Å². The van der Waals surface area contributed by atoms with Crippen molar-refractivity contribution in [1.29, 1.82) is 0 Å². The van der Waals surface area contributed by atoms with E-state index in [0.29, 0.717) is 29.7 Å². The molecule has 2 atom stereocenters. The van der Waals surface area contributed by atoms with Crippen molar-refractivity contribution in [3.63, 3.8) is 0 Å². The number of aromatic nitrogens is 2. The molecule has 0 radical (unpaired) electrons. The average Bonchev–Trinajstić information content (AvgIpc) is 2.73. The van der Waals surface area contributed by atoms with E-state index in [1.165, 1.54) is 38.5 Å². The molecule has 0 aromatic carbocycles. The fourth-order valence-electron chi connectivity index (χ4n) is 6.38. The van der Waals surface area contributed by atoms with E-state index in [0.717, 1.165) is 11.8 Å². The van der Waals surface area contributed by atoms with Gasteiger partial charge in [0, 0.05) is 18.4 Å². The lowest BCUT2D eigenvalue weighted by Gasteiger charge is -2.64. The van der Waals surface area contributed by atoms with Crippen molar-refractivity contribution in [2.24, 2.45) is 22.5 Å². The van der Waals surface area contributed by atoms with E-state index in [1.54, 1.807) is 0 Å². The minimum absolute atomic E-state index is 0.156. The van der Waals surface area contributed by atoms with Crippen molar-refractivity contribution in [2.45, 2.75) is 64.2 Å². The van der Waals surface area contributed by atoms with Gasteiger partial charge in [0.25, 0.3) is 0 Å². The molecule has 4 fully saturated rings. The van der Waals surface area contributed by atoms with Crippen LogP contribution in [0.1, 0.15) is 64.2 Å². The molecule has 4 nitrogen and oxygen atoms in total. The molecular weight excluding hydrogens is 250 g/mol. The third-order valence-corrected chi connectivity index (χ3v) is 5.90. The molecule has 0 spiro atoms. The lowest BCUT2D eigenvalue weighted by atomic mass is 9.40. The van der Waals surface area contributed by atoms with Crippen molar-refractivity contribution in [3.05, 3.63) is 11.8 Å². The second kappa shape index (κ2) is 3.85. The maximum Gasteiger partial charge on any atom is 0.222 e. The van der Waals surface area contributed by atoms with Crippen LogP contribution in [0.3, 0.4) is 0 Å². The van der Waals surface area contributed by atoms with Crippen molar-refractivity contribution >= 4 is 0 Å². The monoisotopic (exact) mass is 275 g/mol. The highest BCUT2D eigenvalue weighted by Gasteiger charge is 2.62. The maximum absolute atomic E-state index is 6.00. The molecule has 5 rings (SSSR count). The van der Waals surface area contributed by atoms with Gasteiger partial charge in [-0.1, -0.05) is 13.8 Å². The Morgan fingerprint density at radius 2 is 1.80 bits per heavy atom. The molecule has 4 aliphatic carbocycles. The molecule has 4 aliphatic rings. The van der Waals surface area contributed by atoms with Crippen LogP contribution in [0.5, 0.6) is 0 Å². The lowest BCUT2D eigenvalue weighted by Crippen LogP contribution is -2.57. The third kappa shape index (κ3) is 1.77. The summed E-state index contributed by atoms with van der Waals surface area (Å²) in [5.74, 6) is 2.47. The molecule has 1 aromatic heterocycles. The van der Waals surface area contributed by atoms with E-state index in [-0.39, 0.29) is 5.41 Å². The van der Waals surface area contributed by atoms with E-state index in [9.17, 15) is 0 Å². The Kier molecular flexibility index (Phi) is 2.46. The van der Waals surface area contributed by atoms with Gasteiger partial charge in [0.15, 0.2) is 0 Å². The summed E-state index contributed by atoms with van der Waals surface area (Å²) in [4.78, 5) is 0. The second-order valence-electron chi connectivity index (χ2n) is 8.45. The number of rotatable bonds is 3. The molecule has 20 heavy (non-hydrogen) atoms. The Morgan fingerprint density at radius 3 is 2.40 bits per heavy atom. The molecule has 2 N–H and O–H groups in total. The predicted molar refractivity (Wildman–Crippen MR) is 76.1 cm³/mol. The minimum atomic E-state index is 0.156. The van der Waals surface area contributed by atoms with Gasteiger partial charge in [-0.2, -0.15) is 0 Å². The molecule has 4 heteroatoms. The van der Waals surface area contributed by atoms with E-state index < -0.39 is 0 Å². The predicted octanol–water partition coefficient (Wildman–Crippen LogP) is 2.82. The van der Waals surface area contributed by atoms with Crippen LogP contribution in [-0.2, 0) is 11.8 Å². The Hall–Kier alpha value is -0.900. The van der Waals surface area contributed by atoms with Gasteiger partial charge in [0.1, 0.15) is 0 Å². The SMILES string of the molecule is CC12CC3CC(C)(C1)CC(c1nnc(CCN)o1)(C3)C2. The fourth-order valence-corrected chi connectivity index (χ4v) is 6.38. The summed E-state index contributed by atoms with van der Waals surface area (Å²) in [6.07, 6.45) is 8.58. The normalized spacial score (nSPS) is 46.0. The van der Waals surface area contributed by atoms with E-state index >= 15 is 0 Å². The molecule has 1 aromatic rings. The van der Waals surface area contributed by atoms with Crippen LogP contribution in [0.25, 0.3) is 0 Å². The first-order valence-electron chi connectivity index (χ1n) is 7.97. The van der Waals surface area contributed by atoms with E-state index in [1.807, 2.05) is 0 Å². The van der Waals surface area contributed by atoms with Crippen molar-refractivity contribution in [1.82, 2.24) is 10.2 Å². The van der Waals surface area contributed by atoms with Crippen molar-refractivity contribution in [2.75, 3.05) is 6.54 Å². The molecule has 4 saturated carbocycles. The smallest absolute Gasteiger partial charge is 0.222 e. The molecule has 2 unspecified atom stereocenters. The van der Waals surface area contributed by atoms with Crippen LogP contribution >= 0.6 is 0 Å². The van der Waals surface area contributed by atoms with Crippen molar-refractivity contribution in [3.8, 4) is 0 Å². The molecule has 1 heterocycles. The number of hydrogen-bond acceptors (Lipinski definition) is 4. The summed E-state index contributed by atoms with van der Waals surface area (Å²) in [6.45, 7) is 5.52. The largest absolute Gasteiger partial charge is 0.425 e. The summed E-state index contributed by atoms with van der Waals surface area (Å²) in [7, 11) is 0. The molecule has 110 valence electrons. The Morgan fingerprint density at radius 1 is 1.10 bits per heavy atom. The molecule has 0 saturated heterocycles. The van der Waals surface area contributed by atoms with E-state index in [4.69, 9.17) is 10.2 Å². The highest BCUT2D eigenvalue weighted by Crippen LogP contribution is 2.69. The number of nitrogens with two attached hydrogens (primary N) is 1. The first kappa shape index (κ1) is 12.8. The molecule has 4 bridgehead atoms. The van der Waals surface area contributed by atoms with Gasteiger partial charge in [-0.25, -0.2) is 0 Å². The quantitative estimate of drug-likeness (QED) is 0.921. The number of nitrogens with zero attached hydrogens (tertiary/aromatic N) is 2. The topological polar surface area (TPSA) is 64.9 Å². The zero-order chi connectivity index (χ0) is 14.0. The Balaban J connectivity index is 1.72. The van der Waals surface area contributed by atoms with Crippen molar-refractivity contribution < 1.29 is 4.42 Å². The summed E-state index contributed by atoms with van der Waals surface area (Å²) < 4.78 is 6.00. The third-order valence-electron chi connectivity index (χ3n) is 5.90. The number of hydrogen-bond donors (Lipinski definition) is 1. The highest BCUT2D eigenvalue weighted by atomic mass is 16.4. The minimum Gasteiger partial charge on any atom is -0.425 e. The molecule has 0 amide bonds. The summed E-state index contributed by atoms with van der Waals surface area (Å²) in [5, 5.41) is 8.63. The maximum atomic E-state index is 6.00. The average molecular weight is 275 g/mol. The first-order valence-corrected chi connectivity index (χ1v) is 7.97. The van der Waals surface area contributed by atoms with Gasteiger partial charge in [-0.05, 0) is 55.3 Å². The molecule has 0 aliphatic heterocycles. The molecular formula is C16H25N3O. The Bertz CT molecular complexity index is 520. The zero-order valence-electron chi connectivity index (χ0n) is 12.6. The van der Waals surface area contributed by atoms with Gasteiger partial charge in [-0.3, -0.25) is 0 Å². The second-order valence-corrected chi connectivity index (χ2v) is 8.45. The van der Waals surface area contributed by atoms with Crippen LogP contribution in [0.2, 0.25) is 0 Å². The van der Waals surface area contributed by atoms with Gasteiger partial charge in [0.05, 0.1) is 0 Å². The van der Waals surface area contributed by atoms with Crippen LogP contribution in [0, 0.1) is 16.7 Å². The van der Waals surface area contributed by atoms with Gasteiger partial charge in [-0.15, -0.1) is 10.2 Å². The summed E-state index contributed by atoms with van der Waals surface area (Å²) in [5.41, 5.74) is 6.71. The standard InChI is InChI=1S/C16H25N3O/c1-14-5-11-6-15(2,8-14)10-16(7-11,9-14)13-19-18-12(20-13)3-4-17/h11H,3-10,17H2,1-2H3.